The van der Waals surface area contributed by atoms with Crippen LogP contribution < -0.4 is 5.73 Å². The van der Waals surface area contributed by atoms with Crippen LogP contribution in [-0.2, 0) is 0 Å². The van der Waals surface area contributed by atoms with Gasteiger partial charge in [0.15, 0.2) is 0 Å². The first-order valence-electron chi connectivity index (χ1n) is 5.84. The smallest absolute Gasteiger partial charge is 0.123 e. The zero-order chi connectivity index (χ0) is 11.4. The van der Waals surface area contributed by atoms with Crippen molar-refractivity contribution in [2.24, 2.45) is 0 Å². The summed E-state index contributed by atoms with van der Waals surface area (Å²) in [7, 11) is 0. The number of nitrogens with zero attached hydrogens (tertiary/aromatic N) is 2. The fourth-order valence-corrected chi connectivity index (χ4v) is 2.29. The van der Waals surface area contributed by atoms with Gasteiger partial charge in [-0.3, -0.25) is 0 Å². The average Bonchev–Trinajstić information content (AvgIpc) is 2.32. The molecular formula is C12H19N3O. The number of aromatic nitrogens is 1. The summed E-state index contributed by atoms with van der Waals surface area (Å²) >= 11 is 0. The molecule has 0 aromatic carbocycles. The Morgan fingerprint density at radius 1 is 1.38 bits per heavy atom. The van der Waals surface area contributed by atoms with Gasteiger partial charge in [-0.15, -0.1) is 0 Å². The van der Waals surface area contributed by atoms with E-state index in [4.69, 9.17) is 10.8 Å². The predicted octanol–water partition coefficient (Wildman–Crippen LogP) is 0.835. The standard InChI is InChI=1S/C12H19N3O/c13-12-2-1-11(9-14-12)10-3-5-15(6-4-10)7-8-16/h1-2,9-10,16H,3-8H2,(H2,13,14). The highest BCUT2D eigenvalue weighted by atomic mass is 16.3. The SMILES string of the molecule is Nc1ccc(C2CCN(CCO)CC2)cn1. The fraction of sp³-hybridized carbons (Fsp3) is 0.583. The molecule has 88 valence electrons. The minimum Gasteiger partial charge on any atom is -0.395 e. The van der Waals surface area contributed by atoms with E-state index in [9.17, 15) is 0 Å². The van der Waals surface area contributed by atoms with E-state index >= 15 is 0 Å². The molecule has 1 aliphatic heterocycles. The van der Waals surface area contributed by atoms with E-state index < -0.39 is 0 Å². The van der Waals surface area contributed by atoms with Crippen molar-refractivity contribution in [2.75, 3.05) is 32.0 Å². The van der Waals surface area contributed by atoms with Gasteiger partial charge in [-0.05, 0) is 43.5 Å². The molecule has 1 saturated heterocycles. The molecule has 16 heavy (non-hydrogen) atoms. The highest BCUT2D eigenvalue weighted by Gasteiger charge is 2.20. The van der Waals surface area contributed by atoms with Crippen LogP contribution in [0.25, 0.3) is 0 Å². The Hall–Kier alpha value is -1.13. The summed E-state index contributed by atoms with van der Waals surface area (Å²) in [5, 5.41) is 8.87. The van der Waals surface area contributed by atoms with Crippen LogP contribution >= 0.6 is 0 Å². The lowest BCUT2D eigenvalue weighted by Crippen LogP contribution is -2.34. The molecule has 0 radical (unpaired) electrons. The number of rotatable bonds is 3. The second-order valence-corrected chi connectivity index (χ2v) is 4.36. The van der Waals surface area contributed by atoms with Gasteiger partial charge in [-0.1, -0.05) is 6.07 Å². The van der Waals surface area contributed by atoms with Crippen molar-refractivity contribution >= 4 is 5.82 Å². The van der Waals surface area contributed by atoms with Gasteiger partial charge in [-0.25, -0.2) is 4.98 Å². The Bertz CT molecular complexity index is 318. The molecule has 0 aliphatic carbocycles. The van der Waals surface area contributed by atoms with Crippen molar-refractivity contribution < 1.29 is 5.11 Å². The molecule has 0 bridgehead atoms. The number of piperidine rings is 1. The fourth-order valence-electron chi connectivity index (χ4n) is 2.29. The van der Waals surface area contributed by atoms with E-state index in [1.54, 1.807) is 0 Å². The van der Waals surface area contributed by atoms with Gasteiger partial charge in [-0.2, -0.15) is 0 Å². The first-order valence-corrected chi connectivity index (χ1v) is 5.84. The number of pyridine rings is 1. The molecule has 1 fully saturated rings. The molecule has 1 aromatic rings. The molecule has 2 rings (SSSR count). The number of aliphatic hydroxyl groups excluding tert-OH is 1. The molecule has 0 spiro atoms. The molecule has 3 N–H and O–H groups in total. The summed E-state index contributed by atoms with van der Waals surface area (Å²) < 4.78 is 0. The highest BCUT2D eigenvalue weighted by molar-refractivity contribution is 5.30. The molecule has 1 aromatic heterocycles. The van der Waals surface area contributed by atoms with Crippen LogP contribution in [0.1, 0.15) is 24.3 Å². The van der Waals surface area contributed by atoms with Crippen molar-refractivity contribution in [3.8, 4) is 0 Å². The molecule has 0 unspecified atom stereocenters. The summed E-state index contributed by atoms with van der Waals surface area (Å²) in [4.78, 5) is 6.44. The Kier molecular flexibility index (Phi) is 3.74. The summed E-state index contributed by atoms with van der Waals surface area (Å²) in [6, 6.07) is 3.95. The molecule has 4 nitrogen and oxygen atoms in total. The number of nitrogen functional groups attached to an aromatic ring is 1. The van der Waals surface area contributed by atoms with Crippen molar-refractivity contribution in [3.05, 3.63) is 23.9 Å². The first kappa shape index (κ1) is 11.4. The van der Waals surface area contributed by atoms with E-state index in [-0.39, 0.29) is 6.61 Å². The zero-order valence-corrected chi connectivity index (χ0v) is 9.47. The zero-order valence-electron chi connectivity index (χ0n) is 9.47. The maximum atomic E-state index is 8.87. The molecular weight excluding hydrogens is 202 g/mol. The van der Waals surface area contributed by atoms with E-state index in [2.05, 4.69) is 16.0 Å². The second kappa shape index (κ2) is 5.27. The largest absolute Gasteiger partial charge is 0.395 e. The minimum atomic E-state index is 0.258. The van der Waals surface area contributed by atoms with Crippen molar-refractivity contribution in [1.29, 1.82) is 0 Å². The first-order chi connectivity index (χ1) is 7.79. The van der Waals surface area contributed by atoms with E-state index in [1.807, 2.05) is 12.3 Å². The minimum absolute atomic E-state index is 0.258. The van der Waals surface area contributed by atoms with Crippen LogP contribution in [-0.4, -0.2) is 41.2 Å². The number of hydrogen-bond acceptors (Lipinski definition) is 4. The van der Waals surface area contributed by atoms with E-state index in [0.29, 0.717) is 11.7 Å². The summed E-state index contributed by atoms with van der Waals surface area (Å²) in [6.07, 6.45) is 4.18. The van der Waals surface area contributed by atoms with Crippen LogP contribution in [0.4, 0.5) is 5.82 Å². The number of likely N-dealkylation sites (tertiary alicyclic amines) is 1. The normalized spacial score (nSPS) is 18.8. The van der Waals surface area contributed by atoms with Crippen LogP contribution in [0.3, 0.4) is 0 Å². The number of nitrogens with two attached hydrogens (primary N) is 1. The van der Waals surface area contributed by atoms with Crippen LogP contribution in [0.2, 0.25) is 0 Å². The van der Waals surface area contributed by atoms with Gasteiger partial charge in [0.05, 0.1) is 6.61 Å². The van der Waals surface area contributed by atoms with Crippen LogP contribution in [0, 0.1) is 0 Å². The van der Waals surface area contributed by atoms with Gasteiger partial charge in [0.2, 0.25) is 0 Å². The Labute approximate surface area is 96.1 Å². The second-order valence-electron chi connectivity index (χ2n) is 4.36. The summed E-state index contributed by atoms with van der Waals surface area (Å²) in [6.45, 7) is 3.19. The van der Waals surface area contributed by atoms with Gasteiger partial charge < -0.3 is 15.7 Å². The third-order valence-corrected chi connectivity index (χ3v) is 3.28. The number of aliphatic hydroxyl groups is 1. The lowest BCUT2D eigenvalue weighted by molar-refractivity contribution is 0.164. The quantitative estimate of drug-likeness (QED) is 0.794. The van der Waals surface area contributed by atoms with Gasteiger partial charge in [0.1, 0.15) is 5.82 Å². The summed E-state index contributed by atoms with van der Waals surface area (Å²) in [5.74, 6) is 1.18. The Morgan fingerprint density at radius 3 is 2.69 bits per heavy atom. The highest BCUT2D eigenvalue weighted by Crippen LogP contribution is 2.27. The maximum Gasteiger partial charge on any atom is 0.123 e. The molecule has 4 heteroatoms. The predicted molar refractivity (Wildman–Crippen MR) is 64.2 cm³/mol. The number of β-amino-alcohol motifs (C(OH)–C–C–N with tert-alkyl or cyclic N) is 1. The van der Waals surface area contributed by atoms with Crippen molar-refractivity contribution in [1.82, 2.24) is 9.88 Å². The molecule has 0 amide bonds. The van der Waals surface area contributed by atoms with Crippen molar-refractivity contribution in [3.63, 3.8) is 0 Å². The lowest BCUT2D eigenvalue weighted by Gasteiger charge is -2.31. The average molecular weight is 221 g/mol. The Morgan fingerprint density at radius 2 is 2.12 bits per heavy atom. The molecule has 0 saturated carbocycles. The Balaban J connectivity index is 1.91. The third-order valence-electron chi connectivity index (χ3n) is 3.28. The third kappa shape index (κ3) is 2.71. The van der Waals surface area contributed by atoms with Gasteiger partial charge in [0, 0.05) is 12.7 Å². The summed E-state index contributed by atoms with van der Waals surface area (Å²) in [5.41, 5.74) is 6.86. The van der Waals surface area contributed by atoms with Crippen LogP contribution in [0.5, 0.6) is 0 Å². The molecule has 2 heterocycles. The number of anilines is 1. The lowest BCUT2D eigenvalue weighted by atomic mass is 9.90. The van der Waals surface area contributed by atoms with E-state index in [0.717, 1.165) is 32.5 Å². The van der Waals surface area contributed by atoms with Gasteiger partial charge >= 0.3 is 0 Å². The molecule has 1 aliphatic rings. The van der Waals surface area contributed by atoms with Gasteiger partial charge in [0.25, 0.3) is 0 Å². The monoisotopic (exact) mass is 221 g/mol. The maximum absolute atomic E-state index is 8.87. The van der Waals surface area contributed by atoms with E-state index in [1.165, 1.54) is 5.56 Å². The topological polar surface area (TPSA) is 62.4 Å². The number of hydrogen-bond donors (Lipinski definition) is 2. The molecule has 0 atom stereocenters. The van der Waals surface area contributed by atoms with Crippen LogP contribution in [0.15, 0.2) is 18.3 Å². The van der Waals surface area contributed by atoms with Crippen molar-refractivity contribution in [2.45, 2.75) is 18.8 Å².